The minimum atomic E-state index is -1.75. The number of hydrogen-bond acceptors (Lipinski definition) is 5. The van der Waals surface area contributed by atoms with E-state index in [4.69, 9.17) is 0 Å². The van der Waals surface area contributed by atoms with Gasteiger partial charge in [0.05, 0.1) is 0 Å². The molecule has 1 heterocycles. The number of aromatic nitrogens is 2. The summed E-state index contributed by atoms with van der Waals surface area (Å²) >= 11 is 0. The van der Waals surface area contributed by atoms with Gasteiger partial charge in [-0.15, -0.1) is 0 Å². The molecule has 8 heteroatoms. The Morgan fingerprint density at radius 1 is 1.33 bits per heavy atom. The van der Waals surface area contributed by atoms with Gasteiger partial charge in [-0.3, -0.25) is 10.1 Å². The largest absolute Gasteiger partial charge is 0.618 e. The lowest BCUT2D eigenvalue weighted by Gasteiger charge is -2.23. The van der Waals surface area contributed by atoms with E-state index in [1.165, 1.54) is 26.0 Å². The van der Waals surface area contributed by atoms with Crippen LogP contribution in [0.25, 0.3) is 11.0 Å². The van der Waals surface area contributed by atoms with Gasteiger partial charge in [0, 0.05) is 30.4 Å². The van der Waals surface area contributed by atoms with Gasteiger partial charge in [-0.2, -0.15) is 9.46 Å². The fraction of sp³-hybridized carbons (Fsp3) is 0.385. The first-order chi connectivity index (χ1) is 9.82. The van der Waals surface area contributed by atoms with Gasteiger partial charge >= 0.3 is 0 Å². The van der Waals surface area contributed by atoms with Gasteiger partial charge in [0.2, 0.25) is 6.10 Å². The van der Waals surface area contributed by atoms with E-state index < -0.39 is 16.6 Å². The molecule has 1 N–H and O–H groups in total. The Hall–Kier alpha value is -2.48. The number of fused-ring (bicyclic) bond motifs is 1. The number of rotatable bonds is 4. The van der Waals surface area contributed by atoms with Crippen molar-refractivity contribution in [2.24, 2.45) is 0 Å². The number of para-hydroxylation sites is 2. The molecule has 2 rings (SSSR count). The average molecular weight is 293 g/mol. The highest BCUT2D eigenvalue weighted by Crippen LogP contribution is 2.29. The maximum Gasteiger partial charge on any atom is 0.295 e. The highest BCUT2D eigenvalue weighted by atomic mass is 16.6. The number of aliphatic hydroxyl groups is 1. The van der Waals surface area contributed by atoms with Crippen LogP contribution in [0.4, 0.5) is 0 Å². The molecule has 0 fully saturated rings. The van der Waals surface area contributed by atoms with Gasteiger partial charge in [-0.05, 0) is 0 Å². The van der Waals surface area contributed by atoms with Gasteiger partial charge in [0.15, 0.2) is 0 Å². The SMILES string of the molecule is CCC(C)(C(O)c1c[n+]([O-])c2ccccc2[n+]1[O-])[N+](=O)[O-]. The van der Waals surface area contributed by atoms with Crippen LogP contribution in [0.3, 0.4) is 0 Å². The summed E-state index contributed by atoms with van der Waals surface area (Å²) in [6, 6.07) is 6.04. The number of nitro groups is 1. The monoisotopic (exact) mass is 293 g/mol. The molecule has 0 aliphatic rings. The maximum atomic E-state index is 12.3. The Kier molecular flexibility index (Phi) is 3.65. The second-order valence-corrected chi connectivity index (χ2v) is 5.03. The van der Waals surface area contributed by atoms with Crippen molar-refractivity contribution < 1.29 is 19.5 Å². The van der Waals surface area contributed by atoms with Crippen molar-refractivity contribution in [1.82, 2.24) is 0 Å². The molecule has 1 aromatic heterocycles. The van der Waals surface area contributed by atoms with E-state index in [0.717, 1.165) is 6.20 Å². The zero-order valence-electron chi connectivity index (χ0n) is 11.6. The smallest absolute Gasteiger partial charge is 0.295 e. The van der Waals surface area contributed by atoms with Crippen LogP contribution in [-0.2, 0) is 0 Å². The van der Waals surface area contributed by atoms with Gasteiger partial charge in [0.1, 0.15) is 0 Å². The molecule has 21 heavy (non-hydrogen) atoms. The zero-order chi connectivity index (χ0) is 15.8. The van der Waals surface area contributed by atoms with Crippen LogP contribution in [0.15, 0.2) is 30.5 Å². The molecule has 1 aromatic carbocycles. The van der Waals surface area contributed by atoms with Gasteiger partial charge in [-0.25, -0.2) is 0 Å². The molecule has 0 aliphatic heterocycles. The van der Waals surface area contributed by atoms with E-state index in [2.05, 4.69) is 0 Å². The molecule has 0 amide bonds. The maximum absolute atomic E-state index is 12.3. The molecule has 112 valence electrons. The molecule has 2 aromatic rings. The third-order valence-corrected chi connectivity index (χ3v) is 3.82. The Labute approximate surface area is 120 Å². The molecule has 0 saturated heterocycles. The Bertz CT molecular complexity index is 706. The summed E-state index contributed by atoms with van der Waals surface area (Å²) in [5.74, 6) is 0. The second-order valence-electron chi connectivity index (χ2n) is 5.03. The first-order valence-electron chi connectivity index (χ1n) is 6.40. The summed E-state index contributed by atoms with van der Waals surface area (Å²) in [5, 5.41) is 45.7. The van der Waals surface area contributed by atoms with Crippen LogP contribution in [0.1, 0.15) is 32.1 Å². The minimum Gasteiger partial charge on any atom is -0.618 e. The first-order valence-corrected chi connectivity index (χ1v) is 6.40. The van der Waals surface area contributed by atoms with Gasteiger partial charge in [0.25, 0.3) is 28.5 Å². The lowest BCUT2D eigenvalue weighted by molar-refractivity contribution is -0.648. The van der Waals surface area contributed by atoms with Crippen LogP contribution in [0.2, 0.25) is 0 Å². The molecular formula is C13H15N3O5. The van der Waals surface area contributed by atoms with Crippen LogP contribution in [0.5, 0.6) is 0 Å². The number of nitrogens with zero attached hydrogens (tertiary/aromatic N) is 3. The minimum absolute atomic E-state index is 0.00680. The van der Waals surface area contributed by atoms with Crippen molar-refractivity contribution in [3.63, 3.8) is 0 Å². The Morgan fingerprint density at radius 2 is 1.90 bits per heavy atom. The van der Waals surface area contributed by atoms with Crippen molar-refractivity contribution in [3.8, 4) is 0 Å². The summed E-state index contributed by atoms with van der Waals surface area (Å²) in [4.78, 5) is 10.5. The van der Waals surface area contributed by atoms with E-state index >= 15 is 0 Å². The van der Waals surface area contributed by atoms with Crippen LogP contribution in [0, 0.1) is 20.5 Å². The highest BCUT2D eigenvalue weighted by Gasteiger charge is 2.49. The lowest BCUT2D eigenvalue weighted by Crippen LogP contribution is -2.49. The molecule has 8 nitrogen and oxygen atoms in total. The lowest BCUT2D eigenvalue weighted by atomic mass is 9.90. The predicted molar refractivity (Wildman–Crippen MR) is 72.5 cm³/mol. The quantitative estimate of drug-likeness (QED) is 0.383. The van der Waals surface area contributed by atoms with Gasteiger partial charge in [-0.1, -0.05) is 19.1 Å². The van der Waals surface area contributed by atoms with Crippen molar-refractivity contribution in [1.29, 1.82) is 0 Å². The standard InChI is InChI=1S/C13H15N3O5/c1-3-13(2,16(20)21)12(17)11-8-14(18)9-6-4-5-7-10(9)15(11)19/h4-8,12,17H,3H2,1-2H3. The molecule has 2 atom stereocenters. The third kappa shape index (κ3) is 2.23. The first kappa shape index (κ1) is 14.9. The highest BCUT2D eigenvalue weighted by molar-refractivity contribution is 5.67. The van der Waals surface area contributed by atoms with Crippen LogP contribution < -0.4 is 9.46 Å². The summed E-state index contributed by atoms with van der Waals surface area (Å²) < 4.78 is 0.796. The van der Waals surface area contributed by atoms with Crippen molar-refractivity contribution in [2.45, 2.75) is 31.9 Å². The Morgan fingerprint density at radius 3 is 2.43 bits per heavy atom. The van der Waals surface area contributed by atoms with E-state index in [1.54, 1.807) is 12.1 Å². The number of aliphatic hydroxyl groups excluding tert-OH is 1. The summed E-state index contributed by atoms with van der Waals surface area (Å²) in [6.07, 6.45) is -0.802. The molecule has 0 bridgehead atoms. The third-order valence-electron chi connectivity index (χ3n) is 3.82. The number of hydrogen-bond donors (Lipinski definition) is 1. The molecule has 0 aliphatic carbocycles. The molecule has 2 unspecified atom stereocenters. The topological polar surface area (TPSA) is 117 Å². The van der Waals surface area contributed by atoms with E-state index in [0.29, 0.717) is 9.46 Å². The summed E-state index contributed by atoms with van der Waals surface area (Å²) in [5.41, 5.74) is -1.92. The van der Waals surface area contributed by atoms with Crippen molar-refractivity contribution in [2.75, 3.05) is 0 Å². The summed E-state index contributed by atoms with van der Waals surface area (Å²) in [6.45, 7) is 2.77. The molecule has 0 spiro atoms. The van der Waals surface area contributed by atoms with Crippen LogP contribution >= 0.6 is 0 Å². The predicted octanol–water partition coefficient (Wildman–Crippen LogP) is 0.585. The van der Waals surface area contributed by atoms with Crippen molar-refractivity contribution >= 4 is 11.0 Å². The molecular weight excluding hydrogens is 278 g/mol. The van der Waals surface area contributed by atoms with E-state index in [-0.39, 0.29) is 23.1 Å². The fourth-order valence-electron chi connectivity index (χ4n) is 2.13. The molecule has 0 saturated carbocycles. The second kappa shape index (κ2) is 5.13. The van der Waals surface area contributed by atoms with Crippen LogP contribution in [-0.4, -0.2) is 15.6 Å². The van der Waals surface area contributed by atoms with E-state index in [1.807, 2.05) is 0 Å². The normalized spacial score (nSPS) is 15.6. The summed E-state index contributed by atoms with van der Waals surface area (Å²) in [7, 11) is 0. The van der Waals surface area contributed by atoms with Gasteiger partial charge < -0.3 is 15.5 Å². The zero-order valence-corrected chi connectivity index (χ0v) is 11.6. The van der Waals surface area contributed by atoms with E-state index in [9.17, 15) is 25.6 Å². The molecule has 0 radical (unpaired) electrons. The Balaban J connectivity index is 2.67. The van der Waals surface area contributed by atoms with Crippen molar-refractivity contribution in [3.05, 3.63) is 56.7 Å². The fourth-order valence-corrected chi connectivity index (χ4v) is 2.13. The number of benzene rings is 1. The average Bonchev–Trinajstić information content (AvgIpc) is 2.49.